The Morgan fingerprint density at radius 1 is 1.50 bits per heavy atom. The highest BCUT2D eigenvalue weighted by Gasteiger charge is 2.29. The van der Waals surface area contributed by atoms with Crippen LogP contribution in [0.5, 0.6) is 0 Å². The number of rotatable bonds is 4. The van der Waals surface area contributed by atoms with Crippen LogP contribution in [0.1, 0.15) is 31.7 Å². The van der Waals surface area contributed by atoms with Crippen LogP contribution in [0.3, 0.4) is 0 Å². The molecule has 0 saturated heterocycles. The number of anilines is 2. The van der Waals surface area contributed by atoms with E-state index in [-0.39, 0.29) is 0 Å². The van der Waals surface area contributed by atoms with Crippen molar-refractivity contribution < 1.29 is 0 Å². The summed E-state index contributed by atoms with van der Waals surface area (Å²) < 4.78 is 0. The van der Waals surface area contributed by atoms with E-state index in [1.165, 1.54) is 12.8 Å². The van der Waals surface area contributed by atoms with Gasteiger partial charge in [-0.15, -0.1) is 0 Å². The summed E-state index contributed by atoms with van der Waals surface area (Å²) in [5, 5.41) is 9.13. The van der Waals surface area contributed by atoms with Gasteiger partial charge in [-0.1, -0.05) is 6.92 Å². The van der Waals surface area contributed by atoms with Crippen LogP contribution in [0.2, 0.25) is 0 Å². The number of nitriles is 1. The van der Waals surface area contributed by atoms with Crippen molar-refractivity contribution in [3.63, 3.8) is 0 Å². The highest BCUT2D eigenvalue weighted by molar-refractivity contribution is 5.65. The second-order valence-electron chi connectivity index (χ2n) is 4.31. The minimum atomic E-state index is 0.635. The fraction of sp³-hybridized carbons (Fsp3) is 0.462. The number of hydrogen-bond acceptors (Lipinski definition) is 3. The van der Waals surface area contributed by atoms with Crippen LogP contribution in [-0.2, 0) is 0 Å². The summed E-state index contributed by atoms with van der Waals surface area (Å²) in [5.41, 5.74) is 8.10. The van der Waals surface area contributed by atoms with Crippen molar-refractivity contribution in [3.8, 4) is 6.07 Å². The van der Waals surface area contributed by atoms with Gasteiger partial charge >= 0.3 is 0 Å². The third-order valence-electron chi connectivity index (χ3n) is 2.90. The average Bonchev–Trinajstić information content (AvgIpc) is 3.10. The topological polar surface area (TPSA) is 53.0 Å². The van der Waals surface area contributed by atoms with Gasteiger partial charge in [-0.05, 0) is 37.5 Å². The molecule has 1 saturated carbocycles. The van der Waals surface area contributed by atoms with Gasteiger partial charge in [-0.25, -0.2) is 0 Å². The lowest BCUT2D eigenvalue weighted by molar-refractivity contribution is 0.762. The highest BCUT2D eigenvalue weighted by atomic mass is 15.2. The van der Waals surface area contributed by atoms with Crippen LogP contribution in [0, 0.1) is 11.3 Å². The SMILES string of the molecule is CCCN(c1ccc(N)cc1C#N)C1CC1. The number of nitrogens with zero attached hydrogens (tertiary/aromatic N) is 2. The Hall–Kier alpha value is -1.69. The molecule has 0 atom stereocenters. The summed E-state index contributed by atoms with van der Waals surface area (Å²) in [4.78, 5) is 2.35. The van der Waals surface area contributed by atoms with Crippen LogP contribution in [0.15, 0.2) is 18.2 Å². The fourth-order valence-electron chi connectivity index (χ4n) is 2.02. The molecule has 1 aliphatic rings. The van der Waals surface area contributed by atoms with Crippen molar-refractivity contribution in [2.45, 2.75) is 32.2 Å². The van der Waals surface area contributed by atoms with Crippen molar-refractivity contribution in [1.29, 1.82) is 5.26 Å². The van der Waals surface area contributed by atoms with E-state index in [2.05, 4.69) is 17.9 Å². The molecule has 1 aromatic carbocycles. The van der Waals surface area contributed by atoms with E-state index in [1.54, 1.807) is 6.07 Å². The molecule has 84 valence electrons. The third-order valence-corrected chi connectivity index (χ3v) is 2.90. The molecule has 3 nitrogen and oxygen atoms in total. The lowest BCUT2D eigenvalue weighted by Gasteiger charge is -2.25. The van der Waals surface area contributed by atoms with E-state index >= 15 is 0 Å². The highest BCUT2D eigenvalue weighted by Crippen LogP contribution is 2.34. The van der Waals surface area contributed by atoms with Crippen molar-refractivity contribution >= 4 is 11.4 Å². The van der Waals surface area contributed by atoms with Crippen LogP contribution in [-0.4, -0.2) is 12.6 Å². The van der Waals surface area contributed by atoms with E-state index < -0.39 is 0 Å². The van der Waals surface area contributed by atoms with Crippen LogP contribution in [0.4, 0.5) is 11.4 Å². The molecule has 1 aliphatic carbocycles. The second-order valence-corrected chi connectivity index (χ2v) is 4.31. The zero-order chi connectivity index (χ0) is 11.5. The van der Waals surface area contributed by atoms with E-state index in [0.29, 0.717) is 17.3 Å². The Labute approximate surface area is 96.5 Å². The Kier molecular flexibility index (Phi) is 3.00. The lowest BCUT2D eigenvalue weighted by atomic mass is 10.1. The van der Waals surface area contributed by atoms with E-state index in [0.717, 1.165) is 18.7 Å². The van der Waals surface area contributed by atoms with Crippen LogP contribution < -0.4 is 10.6 Å². The van der Waals surface area contributed by atoms with Gasteiger partial charge in [-0.3, -0.25) is 0 Å². The van der Waals surface area contributed by atoms with Crippen molar-refractivity contribution in [1.82, 2.24) is 0 Å². The maximum absolute atomic E-state index is 9.13. The first kappa shape index (κ1) is 10.8. The molecule has 1 fully saturated rings. The number of nitrogen functional groups attached to an aromatic ring is 1. The largest absolute Gasteiger partial charge is 0.399 e. The first-order valence-electron chi connectivity index (χ1n) is 5.82. The average molecular weight is 215 g/mol. The summed E-state index contributed by atoms with van der Waals surface area (Å²) in [6, 6.07) is 8.49. The molecule has 0 amide bonds. The monoisotopic (exact) mass is 215 g/mol. The molecule has 0 bridgehead atoms. The smallest absolute Gasteiger partial charge is 0.101 e. The van der Waals surface area contributed by atoms with Gasteiger partial charge in [-0.2, -0.15) is 5.26 Å². The molecule has 0 spiro atoms. The molecule has 0 aromatic heterocycles. The number of hydrogen-bond donors (Lipinski definition) is 1. The Morgan fingerprint density at radius 2 is 2.25 bits per heavy atom. The molecular formula is C13H17N3. The van der Waals surface area contributed by atoms with E-state index in [1.807, 2.05) is 12.1 Å². The van der Waals surface area contributed by atoms with Gasteiger partial charge in [0.15, 0.2) is 0 Å². The zero-order valence-electron chi connectivity index (χ0n) is 9.61. The summed E-state index contributed by atoms with van der Waals surface area (Å²) >= 11 is 0. The van der Waals surface area contributed by atoms with Crippen LogP contribution in [0.25, 0.3) is 0 Å². The molecule has 2 N–H and O–H groups in total. The molecule has 0 heterocycles. The van der Waals surface area contributed by atoms with Gasteiger partial charge in [0.25, 0.3) is 0 Å². The Balaban J connectivity index is 2.33. The molecule has 2 rings (SSSR count). The van der Waals surface area contributed by atoms with E-state index in [4.69, 9.17) is 11.0 Å². The Morgan fingerprint density at radius 3 is 2.81 bits per heavy atom. The summed E-state index contributed by atoms with van der Waals surface area (Å²) in [6.07, 6.45) is 3.59. The minimum absolute atomic E-state index is 0.635. The third kappa shape index (κ3) is 2.11. The molecule has 0 radical (unpaired) electrons. The van der Waals surface area contributed by atoms with Gasteiger partial charge in [0, 0.05) is 18.3 Å². The van der Waals surface area contributed by atoms with Crippen LogP contribution >= 0.6 is 0 Å². The molecule has 16 heavy (non-hydrogen) atoms. The fourth-order valence-corrected chi connectivity index (χ4v) is 2.02. The summed E-state index contributed by atoms with van der Waals surface area (Å²) in [6.45, 7) is 3.18. The summed E-state index contributed by atoms with van der Waals surface area (Å²) in [5.74, 6) is 0. The normalized spacial score (nSPS) is 14.5. The van der Waals surface area contributed by atoms with Crippen molar-refractivity contribution in [3.05, 3.63) is 23.8 Å². The van der Waals surface area contributed by atoms with Gasteiger partial charge in [0.05, 0.1) is 11.3 Å². The molecular weight excluding hydrogens is 198 g/mol. The minimum Gasteiger partial charge on any atom is -0.399 e. The quantitative estimate of drug-likeness (QED) is 0.785. The maximum atomic E-state index is 9.13. The Bertz CT molecular complexity index is 416. The molecule has 3 heteroatoms. The van der Waals surface area contributed by atoms with Crippen molar-refractivity contribution in [2.24, 2.45) is 0 Å². The standard InChI is InChI=1S/C13H17N3/c1-2-7-16(12-4-5-12)13-6-3-11(15)8-10(13)9-14/h3,6,8,12H,2,4-5,7,15H2,1H3. The molecule has 0 unspecified atom stereocenters. The second kappa shape index (κ2) is 4.44. The number of nitrogens with two attached hydrogens (primary N) is 1. The number of benzene rings is 1. The first-order chi connectivity index (χ1) is 7.76. The van der Waals surface area contributed by atoms with Gasteiger partial charge < -0.3 is 10.6 Å². The molecule has 0 aliphatic heterocycles. The van der Waals surface area contributed by atoms with Gasteiger partial charge in [0.1, 0.15) is 6.07 Å². The van der Waals surface area contributed by atoms with Gasteiger partial charge in [0.2, 0.25) is 0 Å². The predicted octanol–water partition coefficient (Wildman–Crippen LogP) is 2.52. The summed E-state index contributed by atoms with van der Waals surface area (Å²) in [7, 11) is 0. The van der Waals surface area contributed by atoms with E-state index in [9.17, 15) is 0 Å². The zero-order valence-corrected chi connectivity index (χ0v) is 9.61. The first-order valence-corrected chi connectivity index (χ1v) is 5.82. The molecule has 1 aromatic rings. The maximum Gasteiger partial charge on any atom is 0.101 e. The lowest BCUT2D eigenvalue weighted by Crippen LogP contribution is -2.27. The van der Waals surface area contributed by atoms with Crippen molar-refractivity contribution in [2.75, 3.05) is 17.2 Å². The predicted molar refractivity (Wildman–Crippen MR) is 66.2 cm³/mol.